The number of para-hydroxylation sites is 1. The monoisotopic (exact) mass is 607 g/mol. The third-order valence-corrected chi connectivity index (χ3v) is 9.44. The molecule has 1 aliphatic rings. The second-order valence-electron chi connectivity index (χ2n) is 12.2. The maximum atomic E-state index is 6.49. The molecule has 0 radical (unpaired) electrons. The van der Waals surface area contributed by atoms with Gasteiger partial charge in [-0.2, -0.15) is 0 Å². The van der Waals surface area contributed by atoms with Gasteiger partial charge in [0.05, 0.1) is 18.5 Å². The molecule has 226 valence electrons. The van der Waals surface area contributed by atoms with Gasteiger partial charge in [-0.05, 0) is 56.3 Å². The molecule has 1 saturated heterocycles. The average Bonchev–Trinajstić information content (AvgIpc) is 3.54. The lowest BCUT2D eigenvalue weighted by Crippen LogP contribution is -2.54. The summed E-state index contributed by atoms with van der Waals surface area (Å²) in [6.45, 7) is 0. The fourth-order valence-electron chi connectivity index (χ4n) is 7.27. The highest BCUT2D eigenvalue weighted by atomic mass is 16.3. The molecular weight excluding hydrogens is 574 g/mol. The zero-order chi connectivity index (χ0) is 31.2. The molecule has 47 heavy (non-hydrogen) atoms. The van der Waals surface area contributed by atoms with Gasteiger partial charge in [-0.1, -0.05) is 152 Å². The third kappa shape index (κ3) is 4.91. The van der Waals surface area contributed by atoms with E-state index in [1.165, 1.54) is 49.7 Å². The predicted molar refractivity (Wildman–Crippen MR) is 193 cm³/mol. The van der Waals surface area contributed by atoms with Crippen LogP contribution in [-0.2, 0) is 0 Å². The lowest BCUT2D eigenvalue weighted by atomic mass is 9.87. The van der Waals surface area contributed by atoms with E-state index in [0.29, 0.717) is 0 Å². The first-order valence-electron chi connectivity index (χ1n) is 16.2. The Morgan fingerprint density at radius 2 is 0.851 bits per heavy atom. The number of rotatable bonds is 5. The van der Waals surface area contributed by atoms with Gasteiger partial charge < -0.3 is 4.42 Å². The quantitative estimate of drug-likeness (QED) is 0.182. The Labute approximate surface area is 273 Å². The summed E-state index contributed by atoms with van der Waals surface area (Å²) >= 11 is 0. The number of hydrogen-bond acceptors (Lipinski definition) is 4. The van der Waals surface area contributed by atoms with Crippen LogP contribution in [0.5, 0.6) is 0 Å². The van der Waals surface area contributed by atoms with Crippen LogP contribution in [0.4, 0.5) is 0 Å². The standard InChI is InChI=1S/C43H33N3O/c1-4-14-28(15-5-1)31-24-25-34(33-21-11-10-20-32(31)33)35-26-27-38-39(36-22-12-13-23-37(36)47-38)40(35)43-45-41(29-16-6-2-7-17-29)44-42(46-43)30-18-8-3-9-19-30/h1-27,41-46H. The molecule has 1 aliphatic heterocycles. The minimum atomic E-state index is -0.209. The predicted octanol–water partition coefficient (Wildman–Crippen LogP) is 10.3. The van der Waals surface area contributed by atoms with Crippen LogP contribution in [-0.4, -0.2) is 0 Å². The van der Waals surface area contributed by atoms with E-state index in [-0.39, 0.29) is 18.5 Å². The largest absolute Gasteiger partial charge is 0.456 e. The molecule has 1 aromatic heterocycles. The number of furan rings is 1. The van der Waals surface area contributed by atoms with E-state index in [1.807, 2.05) is 6.07 Å². The highest BCUT2D eigenvalue weighted by molar-refractivity contribution is 6.12. The van der Waals surface area contributed by atoms with E-state index in [0.717, 1.165) is 21.9 Å². The van der Waals surface area contributed by atoms with E-state index in [4.69, 9.17) is 4.42 Å². The summed E-state index contributed by atoms with van der Waals surface area (Å²) < 4.78 is 6.49. The zero-order valence-electron chi connectivity index (χ0n) is 25.7. The number of nitrogens with one attached hydrogen (secondary N) is 3. The van der Waals surface area contributed by atoms with Crippen molar-refractivity contribution in [2.45, 2.75) is 18.5 Å². The topological polar surface area (TPSA) is 49.2 Å². The molecule has 1 fully saturated rings. The summed E-state index contributed by atoms with van der Waals surface area (Å²) in [7, 11) is 0. The summed E-state index contributed by atoms with van der Waals surface area (Å²) in [5, 5.41) is 16.4. The molecular formula is C43H33N3O. The second kappa shape index (κ2) is 11.7. The Bertz CT molecular complexity index is 2300. The van der Waals surface area contributed by atoms with E-state index < -0.39 is 0 Å². The normalized spacial score (nSPS) is 18.2. The van der Waals surface area contributed by atoms with Crippen LogP contribution < -0.4 is 16.0 Å². The minimum Gasteiger partial charge on any atom is -0.456 e. The summed E-state index contributed by atoms with van der Waals surface area (Å²) in [4.78, 5) is 0. The molecule has 0 saturated carbocycles. The van der Waals surface area contributed by atoms with E-state index in [9.17, 15) is 0 Å². The SMILES string of the molecule is c1ccc(-c2ccc(-c3ccc4oc5ccccc5c4c3C3NC(c4ccccc4)NC(c4ccccc4)N3)c3ccccc23)cc1. The Kier molecular flexibility index (Phi) is 6.90. The average molecular weight is 608 g/mol. The van der Waals surface area contributed by atoms with Gasteiger partial charge in [0.15, 0.2) is 0 Å². The lowest BCUT2D eigenvalue weighted by molar-refractivity contribution is 0.204. The molecule has 0 spiro atoms. The van der Waals surface area contributed by atoms with Crippen molar-refractivity contribution < 1.29 is 4.42 Å². The first-order chi connectivity index (χ1) is 23.3. The van der Waals surface area contributed by atoms with Crippen molar-refractivity contribution in [3.63, 3.8) is 0 Å². The number of fused-ring (bicyclic) bond motifs is 4. The van der Waals surface area contributed by atoms with E-state index in [1.54, 1.807) is 0 Å². The van der Waals surface area contributed by atoms with Crippen molar-refractivity contribution in [1.82, 2.24) is 16.0 Å². The van der Waals surface area contributed by atoms with Crippen LogP contribution in [0, 0.1) is 0 Å². The molecule has 0 bridgehead atoms. The molecule has 3 N–H and O–H groups in total. The Balaban J connectivity index is 1.30. The Morgan fingerprint density at radius 1 is 0.362 bits per heavy atom. The molecule has 8 aromatic rings. The van der Waals surface area contributed by atoms with Gasteiger partial charge in [-0.15, -0.1) is 0 Å². The van der Waals surface area contributed by atoms with Gasteiger partial charge in [-0.25, -0.2) is 0 Å². The minimum absolute atomic E-state index is 0.0915. The second-order valence-corrected chi connectivity index (χ2v) is 12.2. The number of hydrogen-bond donors (Lipinski definition) is 3. The van der Waals surface area contributed by atoms with Crippen LogP contribution >= 0.6 is 0 Å². The maximum Gasteiger partial charge on any atom is 0.135 e. The Hall–Kier alpha value is -5.52. The fraction of sp³-hybridized carbons (Fsp3) is 0.0698. The van der Waals surface area contributed by atoms with Crippen molar-refractivity contribution in [1.29, 1.82) is 0 Å². The highest BCUT2D eigenvalue weighted by Gasteiger charge is 2.33. The lowest BCUT2D eigenvalue weighted by Gasteiger charge is -2.40. The van der Waals surface area contributed by atoms with Crippen molar-refractivity contribution in [2.75, 3.05) is 0 Å². The van der Waals surface area contributed by atoms with Crippen LogP contribution in [0.25, 0.3) is 55.0 Å². The molecule has 4 nitrogen and oxygen atoms in total. The molecule has 2 heterocycles. The molecule has 0 amide bonds. The van der Waals surface area contributed by atoms with Crippen LogP contribution in [0.2, 0.25) is 0 Å². The van der Waals surface area contributed by atoms with Gasteiger partial charge in [0.25, 0.3) is 0 Å². The van der Waals surface area contributed by atoms with Crippen molar-refractivity contribution >= 4 is 32.7 Å². The van der Waals surface area contributed by atoms with Gasteiger partial charge >= 0.3 is 0 Å². The summed E-state index contributed by atoms with van der Waals surface area (Å²) in [6, 6.07) is 58.0. The Morgan fingerprint density at radius 3 is 1.51 bits per heavy atom. The van der Waals surface area contributed by atoms with Crippen molar-refractivity contribution in [3.05, 3.63) is 180 Å². The van der Waals surface area contributed by atoms with Crippen molar-refractivity contribution in [3.8, 4) is 22.3 Å². The first kappa shape index (κ1) is 27.8. The van der Waals surface area contributed by atoms with E-state index >= 15 is 0 Å². The van der Waals surface area contributed by atoms with Crippen molar-refractivity contribution in [2.24, 2.45) is 0 Å². The van der Waals surface area contributed by atoms with Crippen LogP contribution in [0.15, 0.2) is 168 Å². The van der Waals surface area contributed by atoms with Gasteiger partial charge in [0.1, 0.15) is 11.2 Å². The van der Waals surface area contributed by atoms with E-state index in [2.05, 4.69) is 174 Å². The third-order valence-electron chi connectivity index (χ3n) is 9.44. The van der Waals surface area contributed by atoms with Gasteiger partial charge in [0.2, 0.25) is 0 Å². The molecule has 7 aromatic carbocycles. The molecule has 2 atom stereocenters. The van der Waals surface area contributed by atoms with Gasteiger partial charge in [0, 0.05) is 16.3 Å². The number of benzene rings is 7. The zero-order valence-corrected chi connectivity index (χ0v) is 25.7. The summed E-state index contributed by atoms with van der Waals surface area (Å²) in [5.74, 6) is 0. The molecule has 9 rings (SSSR count). The smallest absolute Gasteiger partial charge is 0.135 e. The van der Waals surface area contributed by atoms with Gasteiger partial charge in [-0.3, -0.25) is 16.0 Å². The summed E-state index contributed by atoms with van der Waals surface area (Å²) in [6.07, 6.45) is -0.392. The summed E-state index contributed by atoms with van der Waals surface area (Å²) in [5.41, 5.74) is 10.1. The molecule has 0 aliphatic carbocycles. The fourth-order valence-corrected chi connectivity index (χ4v) is 7.27. The van der Waals surface area contributed by atoms with Crippen LogP contribution in [0.3, 0.4) is 0 Å². The first-order valence-corrected chi connectivity index (χ1v) is 16.2. The van der Waals surface area contributed by atoms with Crippen LogP contribution in [0.1, 0.15) is 35.2 Å². The molecule has 2 unspecified atom stereocenters. The molecule has 4 heteroatoms. The maximum absolute atomic E-state index is 6.49. The highest BCUT2D eigenvalue weighted by Crippen LogP contribution is 2.44.